The molecule has 0 radical (unpaired) electrons. The predicted molar refractivity (Wildman–Crippen MR) is 87.0 cm³/mol. The smallest absolute Gasteiger partial charge is 0.0207 e. The van der Waals surface area contributed by atoms with E-state index in [0.29, 0.717) is 6.04 Å². The number of nitrogens with one attached hydrogen (secondary N) is 1. The molecule has 0 bridgehead atoms. The van der Waals surface area contributed by atoms with Crippen LogP contribution in [0.3, 0.4) is 0 Å². The number of hydrogen-bond acceptors (Lipinski definition) is 2. The maximum absolute atomic E-state index is 3.75. The minimum Gasteiger partial charge on any atom is -0.312 e. The van der Waals surface area contributed by atoms with Gasteiger partial charge in [-0.3, -0.25) is 0 Å². The van der Waals surface area contributed by atoms with Crippen LogP contribution >= 0.6 is 0 Å². The summed E-state index contributed by atoms with van der Waals surface area (Å²) in [5.41, 5.74) is 1.46. The van der Waals surface area contributed by atoms with E-state index in [2.05, 4.69) is 61.3 Å². The average molecular weight is 274 g/mol. The topological polar surface area (TPSA) is 15.3 Å². The highest BCUT2D eigenvalue weighted by Crippen LogP contribution is 2.13. The van der Waals surface area contributed by atoms with Crippen LogP contribution < -0.4 is 5.32 Å². The molecular weight excluding hydrogens is 244 g/mol. The molecule has 0 spiro atoms. The Bertz CT molecular complexity index is 374. The van der Waals surface area contributed by atoms with Crippen LogP contribution in [-0.2, 0) is 6.42 Å². The maximum Gasteiger partial charge on any atom is 0.0207 e. The first kappa shape index (κ1) is 15.5. The SMILES string of the molecule is CC(C)C(C)CNC1CCN(CCc2ccccc2)C1. The lowest BCUT2D eigenvalue weighted by Crippen LogP contribution is -2.36. The molecule has 1 aromatic rings. The molecule has 2 nitrogen and oxygen atoms in total. The van der Waals surface area contributed by atoms with Crippen molar-refractivity contribution in [3.63, 3.8) is 0 Å². The van der Waals surface area contributed by atoms with E-state index in [1.54, 1.807) is 0 Å². The summed E-state index contributed by atoms with van der Waals surface area (Å²) in [4.78, 5) is 2.60. The number of rotatable bonds is 7. The number of nitrogens with zero attached hydrogens (tertiary/aromatic N) is 1. The van der Waals surface area contributed by atoms with Crippen LogP contribution in [0.5, 0.6) is 0 Å². The molecule has 2 atom stereocenters. The lowest BCUT2D eigenvalue weighted by Gasteiger charge is -2.20. The highest BCUT2D eigenvalue weighted by atomic mass is 15.2. The van der Waals surface area contributed by atoms with Crippen molar-refractivity contribution >= 4 is 0 Å². The molecule has 0 aliphatic carbocycles. The third-order valence-electron chi connectivity index (χ3n) is 4.70. The summed E-state index contributed by atoms with van der Waals surface area (Å²) in [6.45, 7) is 11.8. The molecule has 0 saturated carbocycles. The van der Waals surface area contributed by atoms with Gasteiger partial charge in [-0.2, -0.15) is 0 Å². The molecule has 0 aromatic heterocycles. The molecule has 1 aliphatic rings. The molecule has 1 fully saturated rings. The van der Waals surface area contributed by atoms with Crippen LogP contribution in [0.15, 0.2) is 30.3 Å². The number of benzene rings is 1. The third kappa shape index (κ3) is 4.92. The Balaban J connectivity index is 1.65. The molecule has 1 aromatic carbocycles. The van der Waals surface area contributed by atoms with Gasteiger partial charge in [-0.05, 0) is 43.3 Å². The van der Waals surface area contributed by atoms with Gasteiger partial charge in [0.2, 0.25) is 0 Å². The zero-order valence-corrected chi connectivity index (χ0v) is 13.3. The van der Waals surface area contributed by atoms with Crippen LogP contribution in [0, 0.1) is 11.8 Å². The number of hydrogen-bond donors (Lipinski definition) is 1. The third-order valence-corrected chi connectivity index (χ3v) is 4.70. The second-order valence-electron chi connectivity index (χ2n) is 6.65. The first-order valence-electron chi connectivity index (χ1n) is 8.15. The van der Waals surface area contributed by atoms with Crippen LogP contribution in [-0.4, -0.2) is 37.1 Å². The fraction of sp³-hybridized carbons (Fsp3) is 0.667. The second kappa shape index (κ2) is 7.80. The zero-order valence-electron chi connectivity index (χ0n) is 13.3. The Morgan fingerprint density at radius 2 is 1.95 bits per heavy atom. The highest BCUT2D eigenvalue weighted by Gasteiger charge is 2.22. The number of likely N-dealkylation sites (tertiary alicyclic amines) is 1. The van der Waals surface area contributed by atoms with E-state index in [4.69, 9.17) is 0 Å². The van der Waals surface area contributed by atoms with Gasteiger partial charge in [0, 0.05) is 19.1 Å². The second-order valence-corrected chi connectivity index (χ2v) is 6.65. The Kier molecular flexibility index (Phi) is 6.06. The van der Waals surface area contributed by atoms with Crippen LogP contribution in [0.1, 0.15) is 32.8 Å². The Morgan fingerprint density at radius 1 is 1.20 bits per heavy atom. The van der Waals surface area contributed by atoms with Gasteiger partial charge in [-0.15, -0.1) is 0 Å². The van der Waals surface area contributed by atoms with E-state index >= 15 is 0 Å². The van der Waals surface area contributed by atoms with Crippen molar-refractivity contribution in [2.45, 2.75) is 39.7 Å². The normalized spacial score (nSPS) is 21.5. The minimum atomic E-state index is 0.701. The first-order chi connectivity index (χ1) is 9.65. The summed E-state index contributed by atoms with van der Waals surface area (Å²) in [5.74, 6) is 1.55. The van der Waals surface area contributed by atoms with Gasteiger partial charge in [0.25, 0.3) is 0 Å². The summed E-state index contributed by atoms with van der Waals surface area (Å²) in [7, 11) is 0. The molecule has 1 saturated heterocycles. The van der Waals surface area contributed by atoms with E-state index in [1.165, 1.54) is 38.0 Å². The summed E-state index contributed by atoms with van der Waals surface area (Å²) in [6, 6.07) is 11.5. The standard InChI is InChI=1S/C18H30N2/c1-15(2)16(3)13-19-18-10-12-20(14-18)11-9-17-7-5-4-6-8-17/h4-8,15-16,18-19H,9-14H2,1-3H3. The van der Waals surface area contributed by atoms with Crippen molar-refractivity contribution in [2.75, 3.05) is 26.2 Å². The lowest BCUT2D eigenvalue weighted by molar-refractivity contribution is 0.321. The van der Waals surface area contributed by atoms with Gasteiger partial charge in [0.15, 0.2) is 0 Å². The highest BCUT2D eigenvalue weighted by molar-refractivity contribution is 5.14. The Labute approximate surface area is 124 Å². The average Bonchev–Trinajstić information content (AvgIpc) is 2.91. The van der Waals surface area contributed by atoms with E-state index in [1.807, 2.05) is 0 Å². The van der Waals surface area contributed by atoms with Gasteiger partial charge >= 0.3 is 0 Å². The molecule has 1 heterocycles. The fourth-order valence-corrected chi connectivity index (χ4v) is 2.72. The maximum atomic E-state index is 3.75. The van der Waals surface area contributed by atoms with Crippen molar-refractivity contribution in [1.29, 1.82) is 0 Å². The van der Waals surface area contributed by atoms with Crippen molar-refractivity contribution < 1.29 is 0 Å². The minimum absolute atomic E-state index is 0.701. The van der Waals surface area contributed by atoms with E-state index in [-0.39, 0.29) is 0 Å². The van der Waals surface area contributed by atoms with Crippen LogP contribution in [0.25, 0.3) is 0 Å². The van der Waals surface area contributed by atoms with Crippen LogP contribution in [0.2, 0.25) is 0 Å². The molecular formula is C18H30N2. The fourth-order valence-electron chi connectivity index (χ4n) is 2.72. The van der Waals surface area contributed by atoms with Gasteiger partial charge in [0.1, 0.15) is 0 Å². The molecule has 1 N–H and O–H groups in total. The van der Waals surface area contributed by atoms with Gasteiger partial charge in [-0.25, -0.2) is 0 Å². The summed E-state index contributed by atoms with van der Waals surface area (Å²) in [5, 5.41) is 3.75. The molecule has 112 valence electrons. The van der Waals surface area contributed by atoms with Crippen molar-refractivity contribution in [1.82, 2.24) is 10.2 Å². The van der Waals surface area contributed by atoms with Gasteiger partial charge in [0.05, 0.1) is 0 Å². The molecule has 1 aliphatic heterocycles. The quantitative estimate of drug-likeness (QED) is 0.821. The van der Waals surface area contributed by atoms with E-state index < -0.39 is 0 Å². The molecule has 2 unspecified atom stereocenters. The largest absolute Gasteiger partial charge is 0.312 e. The molecule has 2 heteroatoms. The van der Waals surface area contributed by atoms with Crippen LogP contribution in [0.4, 0.5) is 0 Å². The van der Waals surface area contributed by atoms with Crippen molar-refractivity contribution in [3.8, 4) is 0 Å². The van der Waals surface area contributed by atoms with Crippen molar-refractivity contribution in [3.05, 3.63) is 35.9 Å². The van der Waals surface area contributed by atoms with Gasteiger partial charge in [-0.1, -0.05) is 51.1 Å². The molecule has 2 rings (SSSR count). The predicted octanol–water partition coefficient (Wildman–Crippen LogP) is 3.19. The summed E-state index contributed by atoms with van der Waals surface area (Å²) in [6.07, 6.45) is 2.48. The van der Waals surface area contributed by atoms with Crippen molar-refractivity contribution in [2.24, 2.45) is 11.8 Å². The van der Waals surface area contributed by atoms with Gasteiger partial charge < -0.3 is 10.2 Å². The monoisotopic (exact) mass is 274 g/mol. The van der Waals surface area contributed by atoms with E-state index in [9.17, 15) is 0 Å². The lowest BCUT2D eigenvalue weighted by atomic mass is 9.98. The molecule has 20 heavy (non-hydrogen) atoms. The zero-order chi connectivity index (χ0) is 14.4. The molecule has 0 amide bonds. The Hall–Kier alpha value is -0.860. The Morgan fingerprint density at radius 3 is 2.65 bits per heavy atom. The first-order valence-corrected chi connectivity index (χ1v) is 8.15. The summed E-state index contributed by atoms with van der Waals surface area (Å²) < 4.78 is 0. The summed E-state index contributed by atoms with van der Waals surface area (Å²) >= 11 is 0. The van der Waals surface area contributed by atoms with E-state index in [0.717, 1.165) is 18.4 Å².